The van der Waals surface area contributed by atoms with Gasteiger partial charge in [-0.15, -0.1) is 0 Å². The minimum absolute atomic E-state index is 0.293. The quantitative estimate of drug-likeness (QED) is 0.718. The van der Waals surface area contributed by atoms with Crippen molar-refractivity contribution in [2.24, 2.45) is 0 Å². The molecule has 0 atom stereocenters. The summed E-state index contributed by atoms with van der Waals surface area (Å²) in [6, 6.07) is 8.93. The highest BCUT2D eigenvalue weighted by atomic mass is 35.5. The first-order valence-electron chi connectivity index (χ1n) is 7.38. The fraction of sp³-hybridized carbons (Fsp3) is 0.188. The standard InChI is InChI=1S/C16H16ClN5O2/c1-2-24-10-22-9-13(8-18-22)19-16(23)15-7-14(20-21-15)11-3-5-12(17)6-4-11/h3-9H,2,10H2,1H3,(H,19,23)(H,20,21). The van der Waals surface area contributed by atoms with Crippen LogP contribution in [0.1, 0.15) is 17.4 Å². The van der Waals surface area contributed by atoms with Gasteiger partial charge in [0.05, 0.1) is 23.8 Å². The Kier molecular flexibility index (Phi) is 4.93. The zero-order chi connectivity index (χ0) is 16.9. The molecule has 0 aliphatic heterocycles. The number of halogens is 1. The Labute approximate surface area is 143 Å². The van der Waals surface area contributed by atoms with E-state index in [0.717, 1.165) is 5.56 Å². The van der Waals surface area contributed by atoms with E-state index in [0.29, 0.717) is 35.4 Å². The highest BCUT2D eigenvalue weighted by molar-refractivity contribution is 6.30. The van der Waals surface area contributed by atoms with Crippen LogP contribution in [-0.4, -0.2) is 32.5 Å². The van der Waals surface area contributed by atoms with Crippen LogP contribution in [0.3, 0.4) is 0 Å². The Bertz CT molecular complexity index is 825. The van der Waals surface area contributed by atoms with Crippen molar-refractivity contribution in [1.29, 1.82) is 0 Å². The normalized spacial score (nSPS) is 10.8. The molecule has 0 aliphatic rings. The van der Waals surface area contributed by atoms with E-state index in [4.69, 9.17) is 16.3 Å². The van der Waals surface area contributed by atoms with Crippen molar-refractivity contribution in [3.05, 3.63) is 53.4 Å². The molecule has 3 rings (SSSR count). The van der Waals surface area contributed by atoms with Gasteiger partial charge in [0.15, 0.2) is 0 Å². The average molecular weight is 346 g/mol. The molecule has 2 N–H and O–H groups in total. The van der Waals surface area contributed by atoms with Crippen LogP contribution < -0.4 is 5.32 Å². The van der Waals surface area contributed by atoms with Gasteiger partial charge in [0.2, 0.25) is 0 Å². The molecule has 8 heteroatoms. The van der Waals surface area contributed by atoms with Gasteiger partial charge in [-0.25, -0.2) is 4.68 Å². The van der Waals surface area contributed by atoms with Crippen molar-refractivity contribution in [3.63, 3.8) is 0 Å². The molecule has 1 amide bonds. The first kappa shape index (κ1) is 16.2. The number of nitrogens with one attached hydrogen (secondary N) is 2. The third-order valence-electron chi connectivity index (χ3n) is 3.28. The number of amides is 1. The summed E-state index contributed by atoms with van der Waals surface area (Å²) in [6.07, 6.45) is 3.26. The molecule has 0 saturated heterocycles. The first-order valence-corrected chi connectivity index (χ1v) is 7.76. The van der Waals surface area contributed by atoms with Gasteiger partial charge in [-0.1, -0.05) is 23.7 Å². The second kappa shape index (κ2) is 7.29. The highest BCUT2D eigenvalue weighted by Crippen LogP contribution is 2.20. The zero-order valence-corrected chi connectivity index (χ0v) is 13.7. The number of ether oxygens (including phenoxy) is 1. The number of carbonyl (C=O) groups is 1. The Balaban J connectivity index is 1.67. The molecular formula is C16H16ClN5O2. The smallest absolute Gasteiger partial charge is 0.273 e. The van der Waals surface area contributed by atoms with Gasteiger partial charge >= 0.3 is 0 Å². The topological polar surface area (TPSA) is 84.8 Å². The van der Waals surface area contributed by atoms with Crippen LogP contribution in [0.4, 0.5) is 5.69 Å². The highest BCUT2D eigenvalue weighted by Gasteiger charge is 2.12. The van der Waals surface area contributed by atoms with Gasteiger partial charge in [-0.3, -0.25) is 9.89 Å². The monoisotopic (exact) mass is 345 g/mol. The molecule has 0 radical (unpaired) electrons. The summed E-state index contributed by atoms with van der Waals surface area (Å²) in [6.45, 7) is 2.85. The molecule has 0 spiro atoms. The summed E-state index contributed by atoms with van der Waals surface area (Å²) in [5.74, 6) is -0.293. The molecule has 0 saturated carbocycles. The van der Waals surface area contributed by atoms with Crippen LogP contribution in [0.25, 0.3) is 11.3 Å². The van der Waals surface area contributed by atoms with Gasteiger partial charge in [0.1, 0.15) is 12.4 Å². The number of rotatable bonds is 6. The Morgan fingerprint density at radius 2 is 2.17 bits per heavy atom. The molecule has 1 aromatic carbocycles. The maximum absolute atomic E-state index is 12.3. The molecule has 7 nitrogen and oxygen atoms in total. The van der Waals surface area contributed by atoms with E-state index in [1.165, 1.54) is 0 Å². The number of hydrogen-bond donors (Lipinski definition) is 2. The van der Waals surface area contributed by atoms with Crippen molar-refractivity contribution >= 4 is 23.2 Å². The summed E-state index contributed by atoms with van der Waals surface area (Å²) >= 11 is 5.87. The largest absolute Gasteiger partial charge is 0.360 e. The van der Waals surface area contributed by atoms with Crippen molar-refractivity contribution in [2.75, 3.05) is 11.9 Å². The van der Waals surface area contributed by atoms with E-state index in [1.807, 2.05) is 19.1 Å². The summed E-state index contributed by atoms with van der Waals surface area (Å²) < 4.78 is 6.85. The third kappa shape index (κ3) is 3.81. The lowest BCUT2D eigenvalue weighted by molar-refractivity contribution is 0.0792. The maximum Gasteiger partial charge on any atom is 0.273 e. The summed E-state index contributed by atoms with van der Waals surface area (Å²) in [7, 11) is 0. The minimum atomic E-state index is -0.293. The lowest BCUT2D eigenvalue weighted by atomic mass is 10.1. The van der Waals surface area contributed by atoms with Gasteiger partial charge in [0.25, 0.3) is 5.91 Å². The number of aromatic nitrogens is 4. The van der Waals surface area contributed by atoms with Crippen LogP contribution in [-0.2, 0) is 11.5 Å². The molecule has 124 valence electrons. The molecule has 2 aromatic heterocycles. The fourth-order valence-corrected chi connectivity index (χ4v) is 2.21. The predicted molar refractivity (Wildman–Crippen MR) is 90.8 cm³/mol. The average Bonchev–Trinajstić information content (AvgIpc) is 3.23. The van der Waals surface area contributed by atoms with Crippen molar-refractivity contribution < 1.29 is 9.53 Å². The van der Waals surface area contributed by atoms with E-state index in [-0.39, 0.29) is 5.91 Å². The first-order chi connectivity index (χ1) is 11.7. The van der Waals surface area contributed by atoms with E-state index in [2.05, 4.69) is 20.6 Å². The van der Waals surface area contributed by atoms with Crippen LogP contribution >= 0.6 is 11.6 Å². The molecular weight excluding hydrogens is 330 g/mol. The number of hydrogen-bond acceptors (Lipinski definition) is 4. The number of aromatic amines is 1. The summed E-state index contributed by atoms with van der Waals surface area (Å²) in [5.41, 5.74) is 2.49. The Morgan fingerprint density at radius 3 is 2.92 bits per heavy atom. The van der Waals surface area contributed by atoms with E-state index >= 15 is 0 Å². The van der Waals surface area contributed by atoms with E-state index in [1.54, 1.807) is 35.3 Å². The Hall–Kier alpha value is -2.64. The van der Waals surface area contributed by atoms with Crippen molar-refractivity contribution in [2.45, 2.75) is 13.7 Å². The van der Waals surface area contributed by atoms with Crippen LogP contribution in [0, 0.1) is 0 Å². The number of carbonyl (C=O) groups excluding carboxylic acids is 1. The summed E-state index contributed by atoms with van der Waals surface area (Å²) in [4.78, 5) is 12.3. The number of nitrogens with zero attached hydrogens (tertiary/aromatic N) is 3. The van der Waals surface area contributed by atoms with Gasteiger partial charge in [-0.05, 0) is 25.1 Å². The number of H-pyrrole nitrogens is 1. The molecule has 0 bridgehead atoms. The van der Waals surface area contributed by atoms with E-state index < -0.39 is 0 Å². The van der Waals surface area contributed by atoms with Gasteiger partial charge < -0.3 is 10.1 Å². The lowest BCUT2D eigenvalue weighted by Crippen LogP contribution is -2.12. The van der Waals surface area contributed by atoms with Gasteiger partial charge in [0, 0.05) is 17.2 Å². The molecule has 0 fully saturated rings. The third-order valence-corrected chi connectivity index (χ3v) is 3.53. The lowest BCUT2D eigenvalue weighted by Gasteiger charge is -2.00. The second-order valence-corrected chi connectivity index (χ2v) is 5.45. The zero-order valence-electron chi connectivity index (χ0n) is 13.0. The second-order valence-electron chi connectivity index (χ2n) is 5.02. The maximum atomic E-state index is 12.3. The number of benzene rings is 1. The predicted octanol–water partition coefficient (Wildman–Crippen LogP) is 3.17. The van der Waals surface area contributed by atoms with Crippen molar-refractivity contribution in [1.82, 2.24) is 20.0 Å². The Morgan fingerprint density at radius 1 is 1.38 bits per heavy atom. The molecule has 0 aliphatic carbocycles. The van der Waals surface area contributed by atoms with Crippen LogP contribution in [0.5, 0.6) is 0 Å². The van der Waals surface area contributed by atoms with E-state index in [9.17, 15) is 4.79 Å². The van der Waals surface area contributed by atoms with Gasteiger partial charge in [-0.2, -0.15) is 10.2 Å². The SMILES string of the molecule is CCOCn1cc(NC(=O)c2cc(-c3ccc(Cl)cc3)n[nH]2)cn1. The fourth-order valence-electron chi connectivity index (χ4n) is 2.09. The van der Waals surface area contributed by atoms with Crippen LogP contribution in [0.2, 0.25) is 5.02 Å². The van der Waals surface area contributed by atoms with Crippen LogP contribution in [0.15, 0.2) is 42.7 Å². The molecule has 24 heavy (non-hydrogen) atoms. The molecule has 2 heterocycles. The summed E-state index contributed by atoms with van der Waals surface area (Å²) in [5, 5.41) is 14.4. The minimum Gasteiger partial charge on any atom is -0.360 e. The molecule has 0 unspecified atom stereocenters. The van der Waals surface area contributed by atoms with Crippen molar-refractivity contribution in [3.8, 4) is 11.3 Å². The molecule has 3 aromatic rings. The number of anilines is 1.